The van der Waals surface area contributed by atoms with Gasteiger partial charge in [0.15, 0.2) is 5.78 Å². The van der Waals surface area contributed by atoms with Gasteiger partial charge in [-0.3, -0.25) is 4.79 Å². The molecule has 0 saturated heterocycles. The highest BCUT2D eigenvalue weighted by molar-refractivity contribution is 8.02. The van der Waals surface area contributed by atoms with Crippen molar-refractivity contribution in [1.82, 2.24) is 0 Å². The van der Waals surface area contributed by atoms with Gasteiger partial charge >= 0.3 is 0 Å². The van der Waals surface area contributed by atoms with E-state index in [-0.39, 0.29) is 11.6 Å². The fraction of sp³-hybridized carbons (Fsp3) is 0.0625. The maximum Gasteiger partial charge on any atom is 0.186 e. The first kappa shape index (κ1) is 14.8. The van der Waals surface area contributed by atoms with E-state index >= 15 is 0 Å². The number of carbonyl (C=O) groups is 1. The van der Waals surface area contributed by atoms with Crippen LogP contribution in [-0.4, -0.2) is 5.78 Å². The molecule has 0 saturated carbocycles. The van der Waals surface area contributed by atoms with E-state index in [0.29, 0.717) is 15.5 Å². The molecule has 0 aliphatic carbocycles. The van der Waals surface area contributed by atoms with E-state index in [9.17, 15) is 9.18 Å². The van der Waals surface area contributed by atoms with Crippen molar-refractivity contribution in [2.45, 2.75) is 11.8 Å². The monoisotopic (exact) mass is 306 g/mol. The van der Waals surface area contributed by atoms with E-state index in [0.717, 1.165) is 5.56 Å². The van der Waals surface area contributed by atoms with Gasteiger partial charge in [0.2, 0.25) is 0 Å². The first-order chi connectivity index (χ1) is 9.56. The van der Waals surface area contributed by atoms with Crippen LogP contribution in [0.15, 0.2) is 58.8 Å². The maximum absolute atomic E-state index is 12.9. The molecule has 102 valence electrons. The Bertz CT molecular complexity index is 650. The van der Waals surface area contributed by atoms with Crippen molar-refractivity contribution in [2.24, 2.45) is 0 Å². The van der Waals surface area contributed by atoms with E-state index in [2.05, 4.69) is 0 Å². The van der Waals surface area contributed by atoms with Gasteiger partial charge in [-0.1, -0.05) is 53.2 Å². The zero-order chi connectivity index (χ0) is 14.5. The Labute approximate surface area is 126 Å². The average Bonchev–Trinajstić information content (AvgIpc) is 2.42. The summed E-state index contributed by atoms with van der Waals surface area (Å²) in [6, 6.07) is 11.5. The van der Waals surface area contributed by atoms with Crippen LogP contribution in [0.1, 0.15) is 15.9 Å². The van der Waals surface area contributed by atoms with Crippen LogP contribution in [0.25, 0.3) is 0 Å². The summed E-state index contributed by atoms with van der Waals surface area (Å²) in [7, 11) is 0. The summed E-state index contributed by atoms with van der Waals surface area (Å²) in [6.45, 7) is 1.97. The van der Waals surface area contributed by atoms with Crippen molar-refractivity contribution in [3.05, 3.63) is 75.9 Å². The highest BCUT2D eigenvalue weighted by atomic mass is 35.5. The Kier molecular flexibility index (Phi) is 4.99. The van der Waals surface area contributed by atoms with Gasteiger partial charge < -0.3 is 0 Å². The molecule has 2 rings (SSSR count). The topological polar surface area (TPSA) is 17.1 Å². The second-order valence-corrected chi connectivity index (χ2v) is 5.58. The SMILES string of the molecule is Cc1ccc(C(=O)/C=C/Sc2ccc(F)cc2Cl)cc1. The van der Waals surface area contributed by atoms with Gasteiger partial charge in [-0.15, -0.1) is 0 Å². The summed E-state index contributed by atoms with van der Waals surface area (Å²) >= 11 is 7.18. The van der Waals surface area contributed by atoms with Crippen molar-refractivity contribution in [3.63, 3.8) is 0 Å². The zero-order valence-electron chi connectivity index (χ0n) is 10.8. The minimum Gasteiger partial charge on any atom is -0.289 e. The molecule has 0 aliphatic heterocycles. The van der Waals surface area contributed by atoms with Crippen LogP contribution in [0.2, 0.25) is 5.02 Å². The predicted octanol–water partition coefficient (Wildman–Crippen LogP) is 5.28. The van der Waals surface area contributed by atoms with E-state index in [4.69, 9.17) is 11.6 Å². The average molecular weight is 307 g/mol. The Balaban J connectivity index is 2.02. The lowest BCUT2D eigenvalue weighted by atomic mass is 10.1. The summed E-state index contributed by atoms with van der Waals surface area (Å²) in [5, 5.41) is 1.99. The standard InChI is InChI=1S/C16H12ClFOS/c1-11-2-4-12(5-3-11)15(19)8-9-20-16-7-6-13(18)10-14(16)17/h2-10H,1H3/b9-8+. The Morgan fingerprint density at radius 2 is 1.90 bits per heavy atom. The quantitative estimate of drug-likeness (QED) is 0.434. The first-order valence-electron chi connectivity index (χ1n) is 5.95. The summed E-state index contributed by atoms with van der Waals surface area (Å²) < 4.78 is 12.9. The van der Waals surface area contributed by atoms with Crippen LogP contribution in [-0.2, 0) is 0 Å². The molecule has 0 amide bonds. The van der Waals surface area contributed by atoms with E-state index < -0.39 is 0 Å². The molecule has 2 aromatic rings. The van der Waals surface area contributed by atoms with Gasteiger partial charge in [0.25, 0.3) is 0 Å². The van der Waals surface area contributed by atoms with Gasteiger partial charge in [0, 0.05) is 10.5 Å². The molecule has 2 aromatic carbocycles. The van der Waals surface area contributed by atoms with Crippen molar-refractivity contribution in [2.75, 3.05) is 0 Å². The fourth-order valence-corrected chi connectivity index (χ4v) is 2.51. The molecule has 0 fully saturated rings. The molecule has 20 heavy (non-hydrogen) atoms. The molecule has 4 heteroatoms. The van der Waals surface area contributed by atoms with Crippen LogP contribution in [0.4, 0.5) is 4.39 Å². The molecule has 0 spiro atoms. The van der Waals surface area contributed by atoms with E-state index in [1.165, 1.54) is 30.0 Å². The normalized spacial score (nSPS) is 10.9. The lowest BCUT2D eigenvalue weighted by Gasteiger charge is -2.00. The summed E-state index contributed by atoms with van der Waals surface area (Å²) in [4.78, 5) is 12.6. The molecule has 1 nitrogen and oxygen atoms in total. The van der Waals surface area contributed by atoms with Crippen molar-refractivity contribution in [1.29, 1.82) is 0 Å². The third kappa shape index (κ3) is 3.95. The van der Waals surface area contributed by atoms with E-state index in [1.807, 2.05) is 19.1 Å². The highest BCUT2D eigenvalue weighted by Crippen LogP contribution is 2.28. The smallest absolute Gasteiger partial charge is 0.186 e. The zero-order valence-corrected chi connectivity index (χ0v) is 12.3. The summed E-state index contributed by atoms with van der Waals surface area (Å²) in [5.74, 6) is -0.449. The fourth-order valence-electron chi connectivity index (χ4n) is 1.55. The second kappa shape index (κ2) is 6.73. The predicted molar refractivity (Wildman–Crippen MR) is 81.9 cm³/mol. The Morgan fingerprint density at radius 1 is 1.20 bits per heavy atom. The number of halogens is 2. The molecule has 0 atom stereocenters. The molecule has 0 aromatic heterocycles. The van der Waals surface area contributed by atoms with Crippen LogP contribution < -0.4 is 0 Å². The van der Waals surface area contributed by atoms with Crippen molar-refractivity contribution in [3.8, 4) is 0 Å². The van der Waals surface area contributed by atoms with Crippen molar-refractivity contribution >= 4 is 29.1 Å². The van der Waals surface area contributed by atoms with Gasteiger partial charge in [0.05, 0.1) is 5.02 Å². The number of ketones is 1. The molecule has 0 heterocycles. The van der Waals surface area contributed by atoms with Gasteiger partial charge in [-0.25, -0.2) is 4.39 Å². The Hall–Kier alpha value is -1.58. The number of benzene rings is 2. The van der Waals surface area contributed by atoms with E-state index in [1.54, 1.807) is 23.6 Å². The lowest BCUT2D eigenvalue weighted by molar-refractivity contribution is 0.104. The minimum absolute atomic E-state index is 0.0734. The van der Waals surface area contributed by atoms with Gasteiger partial charge in [-0.2, -0.15) is 0 Å². The number of rotatable bonds is 4. The van der Waals surface area contributed by atoms with Crippen LogP contribution in [0.3, 0.4) is 0 Å². The van der Waals surface area contributed by atoms with Crippen molar-refractivity contribution < 1.29 is 9.18 Å². The third-order valence-corrected chi connectivity index (χ3v) is 3.95. The molecule has 0 N–H and O–H groups in total. The summed E-state index contributed by atoms with van der Waals surface area (Å²) in [5.41, 5.74) is 1.75. The number of carbonyl (C=O) groups excluding carboxylic acids is 1. The largest absolute Gasteiger partial charge is 0.289 e. The molecular weight excluding hydrogens is 295 g/mol. The van der Waals surface area contributed by atoms with Gasteiger partial charge in [0.1, 0.15) is 5.82 Å². The minimum atomic E-state index is -0.376. The number of aryl methyl sites for hydroxylation is 1. The number of hydrogen-bond donors (Lipinski definition) is 0. The molecule has 0 bridgehead atoms. The highest BCUT2D eigenvalue weighted by Gasteiger charge is 2.03. The molecule has 0 unspecified atom stereocenters. The Morgan fingerprint density at radius 3 is 2.55 bits per heavy atom. The maximum atomic E-state index is 12.9. The molecular formula is C16H12ClFOS. The van der Waals surface area contributed by atoms with Crippen LogP contribution in [0.5, 0.6) is 0 Å². The molecule has 0 aliphatic rings. The van der Waals surface area contributed by atoms with Crippen LogP contribution >= 0.6 is 23.4 Å². The number of allylic oxidation sites excluding steroid dienone is 1. The summed E-state index contributed by atoms with van der Waals surface area (Å²) in [6.07, 6.45) is 1.48. The first-order valence-corrected chi connectivity index (χ1v) is 7.21. The number of hydrogen-bond acceptors (Lipinski definition) is 2. The second-order valence-electron chi connectivity index (χ2n) is 4.23. The lowest BCUT2D eigenvalue weighted by Crippen LogP contribution is -1.93. The third-order valence-electron chi connectivity index (χ3n) is 2.64. The van der Waals surface area contributed by atoms with Gasteiger partial charge in [-0.05, 0) is 36.6 Å². The molecule has 0 radical (unpaired) electrons. The number of thioether (sulfide) groups is 1. The van der Waals surface area contributed by atoms with Crippen LogP contribution in [0, 0.1) is 12.7 Å².